The van der Waals surface area contributed by atoms with Crippen molar-refractivity contribution in [2.24, 2.45) is 0 Å². The standard InChI is InChI=1S/C14H18N2O/c1-2-13-11(5-3-7-14(13)15)9-16-10-12-6-4-8-17-12/h3-8,16H,2,9-10,15H2,1H3. The van der Waals surface area contributed by atoms with Crippen molar-refractivity contribution in [2.75, 3.05) is 5.73 Å². The molecule has 0 aliphatic rings. The van der Waals surface area contributed by atoms with Crippen molar-refractivity contribution < 1.29 is 4.42 Å². The van der Waals surface area contributed by atoms with Crippen LogP contribution in [0.25, 0.3) is 0 Å². The second kappa shape index (κ2) is 5.55. The fourth-order valence-electron chi connectivity index (χ4n) is 1.98. The van der Waals surface area contributed by atoms with E-state index in [-0.39, 0.29) is 0 Å². The fourth-order valence-corrected chi connectivity index (χ4v) is 1.98. The van der Waals surface area contributed by atoms with Gasteiger partial charge in [-0.05, 0) is 35.7 Å². The Hall–Kier alpha value is -1.74. The van der Waals surface area contributed by atoms with Gasteiger partial charge in [-0.3, -0.25) is 0 Å². The molecule has 3 nitrogen and oxygen atoms in total. The molecular formula is C14H18N2O. The fraction of sp³-hybridized carbons (Fsp3) is 0.286. The zero-order valence-electron chi connectivity index (χ0n) is 10.1. The van der Waals surface area contributed by atoms with Gasteiger partial charge in [0.2, 0.25) is 0 Å². The maximum absolute atomic E-state index is 5.95. The summed E-state index contributed by atoms with van der Waals surface area (Å²) in [5.41, 5.74) is 9.33. The third-order valence-corrected chi connectivity index (χ3v) is 2.86. The molecule has 0 bridgehead atoms. The molecule has 2 aromatic rings. The van der Waals surface area contributed by atoms with Gasteiger partial charge in [0.05, 0.1) is 12.8 Å². The van der Waals surface area contributed by atoms with Gasteiger partial charge in [0, 0.05) is 12.2 Å². The molecule has 3 N–H and O–H groups in total. The van der Waals surface area contributed by atoms with Crippen LogP contribution < -0.4 is 11.1 Å². The molecular weight excluding hydrogens is 212 g/mol. The van der Waals surface area contributed by atoms with Crippen LogP contribution in [-0.2, 0) is 19.5 Å². The Morgan fingerprint density at radius 3 is 2.76 bits per heavy atom. The summed E-state index contributed by atoms with van der Waals surface area (Å²) in [5, 5.41) is 3.36. The van der Waals surface area contributed by atoms with Gasteiger partial charge in [-0.1, -0.05) is 19.1 Å². The lowest BCUT2D eigenvalue weighted by molar-refractivity contribution is 0.482. The van der Waals surface area contributed by atoms with E-state index >= 15 is 0 Å². The van der Waals surface area contributed by atoms with Crippen LogP contribution in [0.3, 0.4) is 0 Å². The van der Waals surface area contributed by atoms with Gasteiger partial charge in [0.15, 0.2) is 0 Å². The molecule has 1 aromatic heterocycles. The summed E-state index contributed by atoms with van der Waals surface area (Å²) in [6, 6.07) is 9.93. The average molecular weight is 230 g/mol. The Morgan fingerprint density at radius 2 is 2.06 bits per heavy atom. The van der Waals surface area contributed by atoms with Crippen LogP contribution in [0.4, 0.5) is 5.69 Å². The minimum absolute atomic E-state index is 0.741. The number of rotatable bonds is 5. The van der Waals surface area contributed by atoms with Gasteiger partial charge in [-0.15, -0.1) is 0 Å². The molecule has 0 atom stereocenters. The van der Waals surface area contributed by atoms with Gasteiger partial charge >= 0.3 is 0 Å². The number of nitrogen functional groups attached to an aromatic ring is 1. The lowest BCUT2D eigenvalue weighted by Gasteiger charge is -2.11. The average Bonchev–Trinajstić information content (AvgIpc) is 2.82. The number of nitrogens with two attached hydrogens (primary N) is 1. The molecule has 1 heterocycles. The van der Waals surface area contributed by atoms with E-state index in [0.717, 1.165) is 31.0 Å². The van der Waals surface area contributed by atoms with E-state index in [4.69, 9.17) is 10.2 Å². The predicted molar refractivity (Wildman–Crippen MR) is 69.5 cm³/mol. The molecule has 0 saturated heterocycles. The van der Waals surface area contributed by atoms with E-state index < -0.39 is 0 Å². The normalized spacial score (nSPS) is 10.6. The zero-order chi connectivity index (χ0) is 12.1. The first-order chi connectivity index (χ1) is 8.31. The molecule has 1 aromatic carbocycles. The summed E-state index contributed by atoms with van der Waals surface area (Å²) >= 11 is 0. The predicted octanol–water partition coefficient (Wildman–Crippen LogP) is 2.71. The molecule has 3 heteroatoms. The minimum atomic E-state index is 0.741. The molecule has 2 rings (SSSR count). The van der Waals surface area contributed by atoms with E-state index in [1.165, 1.54) is 11.1 Å². The second-order valence-corrected chi connectivity index (χ2v) is 4.02. The Morgan fingerprint density at radius 1 is 1.18 bits per heavy atom. The first-order valence-electron chi connectivity index (χ1n) is 5.90. The van der Waals surface area contributed by atoms with Crippen LogP contribution in [0.15, 0.2) is 41.0 Å². The maximum atomic E-state index is 5.95. The highest BCUT2D eigenvalue weighted by molar-refractivity contribution is 5.50. The van der Waals surface area contributed by atoms with E-state index in [1.54, 1.807) is 6.26 Å². The molecule has 17 heavy (non-hydrogen) atoms. The lowest BCUT2D eigenvalue weighted by Crippen LogP contribution is -2.14. The van der Waals surface area contributed by atoms with E-state index in [2.05, 4.69) is 18.3 Å². The molecule has 0 unspecified atom stereocenters. The highest BCUT2D eigenvalue weighted by Crippen LogP contribution is 2.17. The van der Waals surface area contributed by atoms with Crippen LogP contribution in [0.2, 0.25) is 0 Å². The number of anilines is 1. The second-order valence-electron chi connectivity index (χ2n) is 4.02. The van der Waals surface area contributed by atoms with Crippen LogP contribution in [0.5, 0.6) is 0 Å². The van der Waals surface area contributed by atoms with Crippen molar-refractivity contribution in [3.8, 4) is 0 Å². The number of hydrogen-bond acceptors (Lipinski definition) is 3. The number of hydrogen-bond donors (Lipinski definition) is 2. The van der Waals surface area contributed by atoms with Crippen LogP contribution in [0.1, 0.15) is 23.8 Å². The largest absolute Gasteiger partial charge is 0.468 e. The third kappa shape index (κ3) is 2.88. The maximum Gasteiger partial charge on any atom is 0.117 e. The lowest BCUT2D eigenvalue weighted by atomic mass is 10.0. The monoisotopic (exact) mass is 230 g/mol. The highest BCUT2D eigenvalue weighted by Gasteiger charge is 2.04. The summed E-state index contributed by atoms with van der Waals surface area (Å²) < 4.78 is 5.26. The molecule has 0 aliphatic heterocycles. The van der Waals surface area contributed by atoms with Gasteiger partial charge in [0.25, 0.3) is 0 Å². The zero-order valence-corrected chi connectivity index (χ0v) is 10.1. The SMILES string of the molecule is CCc1c(N)cccc1CNCc1ccco1. The van der Waals surface area contributed by atoms with E-state index in [9.17, 15) is 0 Å². The number of nitrogens with one attached hydrogen (secondary N) is 1. The van der Waals surface area contributed by atoms with Crippen molar-refractivity contribution in [3.05, 3.63) is 53.5 Å². The molecule has 0 radical (unpaired) electrons. The van der Waals surface area contributed by atoms with Crippen LogP contribution >= 0.6 is 0 Å². The number of furan rings is 1. The van der Waals surface area contributed by atoms with Crippen molar-refractivity contribution in [3.63, 3.8) is 0 Å². The summed E-state index contributed by atoms with van der Waals surface area (Å²) in [6.07, 6.45) is 2.65. The Labute approximate surface area is 102 Å². The Kier molecular flexibility index (Phi) is 3.83. The van der Waals surface area contributed by atoms with E-state index in [0.29, 0.717) is 0 Å². The van der Waals surface area contributed by atoms with E-state index in [1.807, 2.05) is 24.3 Å². The quantitative estimate of drug-likeness (QED) is 0.776. The molecule has 90 valence electrons. The first-order valence-corrected chi connectivity index (χ1v) is 5.90. The van der Waals surface area contributed by atoms with Crippen molar-refractivity contribution in [1.29, 1.82) is 0 Å². The Balaban J connectivity index is 1.97. The van der Waals surface area contributed by atoms with Gasteiger partial charge in [-0.25, -0.2) is 0 Å². The highest BCUT2D eigenvalue weighted by atomic mass is 16.3. The summed E-state index contributed by atoms with van der Waals surface area (Å²) in [4.78, 5) is 0. The number of benzene rings is 1. The minimum Gasteiger partial charge on any atom is -0.468 e. The van der Waals surface area contributed by atoms with Crippen LogP contribution in [0, 0.1) is 0 Å². The smallest absolute Gasteiger partial charge is 0.117 e. The third-order valence-electron chi connectivity index (χ3n) is 2.86. The van der Waals surface area contributed by atoms with Crippen molar-refractivity contribution in [1.82, 2.24) is 5.32 Å². The first kappa shape index (κ1) is 11.7. The van der Waals surface area contributed by atoms with Crippen molar-refractivity contribution >= 4 is 5.69 Å². The van der Waals surface area contributed by atoms with Gasteiger partial charge < -0.3 is 15.5 Å². The summed E-state index contributed by atoms with van der Waals surface area (Å²) in [7, 11) is 0. The van der Waals surface area contributed by atoms with Gasteiger partial charge in [-0.2, -0.15) is 0 Å². The Bertz CT molecular complexity index is 463. The molecule has 0 aliphatic carbocycles. The molecule has 0 amide bonds. The topological polar surface area (TPSA) is 51.2 Å². The van der Waals surface area contributed by atoms with Gasteiger partial charge in [0.1, 0.15) is 5.76 Å². The summed E-state index contributed by atoms with van der Waals surface area (Å²) in [5.74, 6) is 0.951. The van der Waals surface area contributed by atoms with Crippen LogP contribution in [-0.4, -0.2) is 0 Å². The molecule has 0 fully saturated rings. The summed E-state index contributed by atoms with van der Waals surface area (Å²) in [6.45, 7) is 3.68. The van der Waals surface area contributed by atoms with Crippen molar-refractivity contribution in [2.45, 2.75) is 26.4 Å². The molecule has 0 saturated carbocycles. The molecule has 0 spiro atoms.